The van der Waals surface area contributed by atoms with E-state index in [0.717, 1.165) is 32.9 Å². The van der Waals surface area contributed by atoms with E-state index in [-0.39, 0.29) is 38.0 Å². The zero-order chi connectivity index (χ0) is 21.8. The van der Waals surface area contributed by atoms with Gasteiger partial charge in [0.25, 0.3) is 0 Å². The predicted octanol–water partition coefficient (Wildman–Crippen LogP) is 4.84. The molecule has 160 valence electrons. The molecule has 0 saturated carbocycles. The summed E-state index contributed by atoms with van der Waals surface area (Å²) in [7, 11) is 0. The van der Waals surface area contributed by atoms with Crippen molar-refractivity contribution in [1.82, 2.24) is 9.97 Å². The second-order valence-electron chi connectivity index (χ2n) is 7.54. The summed E-state index contributed by atoms with van der Waals surface area (Å²) in [4.78, 5) is 32.3. The highest BCUT2D eigenvalue weighted by Gasteiger charge is 2.43. The number of esters is 2. The number of benzene rings is 2. The molecule has 2 aromatic carbocycles. The third-order valence-electron chi connectivity index (χ3n) is 5.71. The van der Waals surface area contributed by atoms with Crippen molar-refractivity contribution < 1.29 is 19.1 Å². The second kappa shape index (κ2) is 8.68. The molecule has 0 saturated heterocycles. The van der Waals surface area contributed by atoms with E-state index in [1.165, 1.54) is 0 Å². The molecule has 6 heteroatoms. The quantitative estimate of drug-likeness (QED) is 0.401. The molecule has 2 aromatic heterocycles. The number of carbonyl (C=O) groups excluding carboxylic acids is 2. The van der Waals surface area contributed by atoms with E-state index in [1.807, 2.05) is 60.9 Å². The average molecular weight is 418 g/mol. The van der Waals surface area contributed by atoms with Gasteiger partial charge in [-0.15, -0.1) is 0 Å². The molecule has 0 aliphatic rings. The SMILES string of the molecule is CCOC(=O)CC(CC(=O)OCC)(c1c[nH]c2ccccc12)c1c[nH]c2ccccc12. The third-order valence-corrected chi connectivity index (χ3v) is 5.71. The minimum Gasteiger partial charge on any atom is -0.466 e. The highest BCUT2D eigenvalue weighted by atomic mass is 16.5. The minimum atomic E-state index is -0.961. The molecule has 4 rings (SSSR count). The number of H-pyrrole nitrogens is 2. The van der Waals surface area contributed by atoms with Gasteiger partial charge in [0.2, 0.25) is 0 Å². The number of ether oxygens (including phenoxy) is 2. The first-order valence-electron chi connectivity index (χ1n) is 10.5. The van der Waals surface area contributed by atoms with Crippen molar-refractivity contribution in [2.24, 2.45) is 0 Å². The number of hydrogen-bond donors (Lipinski definition) is 2. The van der Waals surface area contributed by atoms with Crippen molar-refractivity contribution in [3.63, 3.8) is 0 Å². The Morgan fingerprint density at radius 3 is 1.58 bits per heavy atom. The number of aromatic amines is 2. The lowest BCUT2D eigenvalue weighted by Gasteiger charge is -2.32. The molecule has 0 unspecified atom stereocenters. The molecule has 0 radical (unpaired) electrons. The number of hydrogen-bond acceptors (Lipinski definition) is 4. The molecule has 6 nitrogen and oxygen atoms in total. The smallest absolute Gasteiger partial charge is 0.307 e. The Balaban J connectivity index is 2.00. The van der Waals surface area contributed by atoms with Gasteiger partial charge in [-0.3, -0.25) is 9.59 Å². The lowest BCUT2D eigenvalue weighted by atomic mass is 9.69. The topological polar surface area (TPSA) is 84.2 Å². The van der Waals surface area contributed by atoms with Gasteiger partial charge in [-0.2, -0.15) is 0 Å². The fourth-order valence-electron chi connectivity index (χ4n) is 4.44. The summed E-state index contributed by atoms with van der Waals surface area (Å²) in [6.45, 7) is 4.11. The van der Waals surface area contributed by atoms with Gasteiger partial charge in [0, 0.05) is 39.6 Å². The van der Waals surface area contributed by atoms with Crippen LogP contribution in [0.25, 0.3) is 21.8 Å². The summed E-state index contributed by atoms with van der Waals surface area (Å²) in [5.41, 5.74) is 2.66. The van der Waals surface area contributed by atoms with Crippen molar-refractivity contribution in [2.75, 3.05) is 13.2 Å². The van der Waals surface area contributed by atoms with Crippen LogP contribution in [0.3, 0.4) is 0 Å². The molecule has 4 aromatic rings. The molecule has 0 atom stereocenters. The van der Waals surface area contributed by atoms with Crippen LogP contribution in [0.4, 0.5) is 0 Å². The van der Waals surface area contributed by atoms with Crippen molar-refractivity contribution in [3.05, 3.63) is 72.1 Å². The largest absolute Gasteiger partial charge is 0.466 e. The van der Waals surface area contributed by atoms with Crippen LogP contribution in [0.2, 0.25) is 0 Å². The van der Waals surface area contributed by atoms with Crippen LogP contribution in [0.5, 0.6) is 0 Å². The van der Waals surface area contributed by atoms with Crippen LogP contribution >= 0.6 is 0 Å². The van der Waals surface area contributed by atoms with Crippen LogP contribution in [0.15, 0.2) is 60.9 Å². The maximum Gasteiger partial charge on any atom is 0.307 e. The Morgan fingerprint density at radius 1 is 0.742 bits per heavy atom. The Kier molecular flexibility index (Phi) is 5.80. The van der Waals surface area contributed by atoms with E-state index in [1.54, 1.807) is 13.8 Å². The molecule has 0 spiro atoms. The van der Waals surface area contributed by atoms with E-state index in [0.29, 0.717) is 0 Å². The van der Waals surface area contributed by atoms with Crippen LogP contribution in [0.1, 0.15) is 37.8 Å². The molecular weight excluding hydrogens is 392 g/mol. The number of aromatic nitrogens is 2. The highest BCUT2D eigenvalue weighted by Crippen LogP contribution is 2.45. The fraction of sp³-hybridized carbons (Fsp3) is 0.280. The van der Waals surface area contributed by atoms with Gasteiger partial charge in [-0.05, 0) is 37.1 Å². The zero-order valence-electron chi connectivity index (χ0n) is 17.7. The Bertz CT molecular complexity index is 1120. The molecule has 31 heavy (non-hydrogen) atoms. The Morgan fingerprint density at radius 2 is 1.16 bits per heavy atom. The van der Waals surface area contributed by atoms with Gasteiger partial charge in [0.15, 0.2) is 0 Å². The molecule has 2 heterocycles. The summed E-state index contributed by atoms with van der Waals surface area (Å²) >= 11 is 0. The van der Waals surface area contributed by atoms with Crippen molar-refractivity contribution in [3.8, 4) is 0 Å². The summed E-state index contributed by atoms with van der Waals surface area (Å²) in [6, 6.07) is 15.8. The monoisotopic (exact) mass is 418 g/mol. The molecular formula is C25H26N2O4. The Hall–Kier alpha value is -3.54. The van der Waals surface area contributed by atoms with Gasteiger partial charge in [-0.25, -0.2) is 0 Å². The zero-order valence-corrected chi connectivity index (χ0v) is 17.7. The molecule has 0 amide bonds. The van der Waals surface area contributed by atoms with Gasteiger partial charge in [0.05, 0.1) is 26.1 Å². The maximum absolute atomic E-state index is 12.9. The predicted molar refractivity (Wildman–Crippen MR) is 120 cm³/mol. The Labute approximate surface area is 180 Å². The van der Waals surface area contributed by atoms with E-state index < -0.39 is 5.41 Å². The summed E-state index contributed by atoms with van der Waals surface area (Å²) < 4.78 is 10.7. The van der Waals surface area contributed by atoms with Crippen molar-refractivity contribution in [1.29, 1.82) is 0 Å². The number of fused-ring (bicyclic) bond motifs is 2. The molecule has 0 fully saturated rings. The first kappa shape index (κ1) is 20.7. The molecule has 0 bridgehead atoms. The van der Waals surface area contributed by atoms with Crippen LogP contribution in [0, 0.1) is 0 Å². The molecule has 0 aliphatic heterocycles. The number of para-hydroxylation sites is 2. The fourth-order valence-corrected chi connectivity index (χ4v) is 4.44. The van der Waals surface area contributed by atoms with Crippen LogP contribution in [-0.4, -0.2) is 35.1 Å². The van der Waals surface area contributed by atoms with Crippen molar-refractivity contribution >= 4 is 33.7 Å². The lowest BCUT2D eigenvalue weighted by Crippen LogP contribution is -2.34. The highest BCUT2D eigenvalue weighted by molar-refractivity contribution is 5.92. The third kappa shape index (κ3) is 3.81. The van der Waals surface area contributed by atoms with Crippen LogP contribution < -0.4 is 0 Å². The summed E-state index contributed by atoms with van der Waals surface area (Å²) in [5, 5.41) is 1.92. The summed E-state index contributed by atoms with van der Waals surface area (Å²) in [6.07, 6.45) is 3.82. The van der Waals surface area contributed by atoms with Gasteiger partial charge >= 0.3 is 11.9 Å². The first-order valence-corrected chi connectivity index (χ1v) is 10.5. The molecule has 2 N–H and O–H groups in total. The van der Waals surface area contributed by atoms with E-state index in [9.17, 15) is 9.59 Å². The first-order chi connectivity index (χ1) is 15.1. The average Bonchev–Trinajstić information content (AvgIpc) is 3.38. The number of rotatable bonds is 8. The standard InChI is InChI=1S/C25H26N2O4/c1-3-30-23(28)13-25(14-24(29)31-4-2,19-15-26-21-11-7-5-9-17(19)21)20-16-27-22-12-8-6-10-18(20)22/h5-12,15-16,26-27H,3-4,13-14H2,1-2H3. The molecule has 0 aliphatic carbocycles. The van der Waals surface area contributed by atoms with E-state index >= 15 is 0 Å². The lowest BCUT2D eigenvalue weighted by molar-refractivity contribution is -0.147. The van der Waals surface area contributed by atoms with Crippen molar-refractivity contribution in [2.45, 2.75) is 32.1 Å². The summed E-state index contributed by atoms with van der Waals surface area (Å²) in [5.74, 6) is -0.718. The van der Waals surface area contributed by atoms with E-state index in [4.69, 9.17) is 9.47 Å². The maximum atomic E-state index is 12.9. The number of carbonyl (C=O) groups is 2. The second-order valence-corrected chi connectivity index (χ2v) is 7.54. The van der Waals surface area contributed by atoms with Crippen LogP contribution in [-0.2, 0) is 24.5 Å². The van der Waals surface area contributed by atoms with Gasteiger partial charge in [0.1, 0.15) is 0 Å². The normalized spacial score (nSPS) is 11.7. The minimum absolute atomic E-state index is 0.0172. The number of nitrogens with one attached hydrogen (secondary N) is 2. The van der Waals surface area contributed by atoms with Gasteiger partial charge < -0.3 is 19.4 Å². The van der Waals surface area contributed by atoms with Gasteiger partial charge in [-0.1, -0.05) is 36.4 Å². The van der Waals surface area contributed by atoms with E-state index in [2.05, 4.69) is 9.97 Å².